The Balaban J connectivity index is 0.000000207. The SMILES string of the molecule is CCN1C(=O)C(=C(C)C=C2Sc3ccccc3N2CC)OC1=S.O=c1[nH]ncc2ccccc12. The minimum absolute atomic E-state index is 0.136. The summed E-state index contributed by atoms with van der Waals surface area (Å²) in [6, 6.07) is 15.6. The molecule has 2 aliphatic heterocycles. The molecular weight excluding hydrogens is 468 g/mol. The highest BCUT2D eigenvalue weighted by Crippen LogP contribution is 2.46. The Morgan fingerprint density at radius 3 is 2.50 bits per heavy atom. The van der Waals surface area contributed by atoms with Crippen LogP contribution in [0.1, 0.15) is 20.8 Å². The number of anilines is 1. The number of allylic oxidation sites excluding steroid dienone is 2. The van der Waals surface area contributed by atoms with Gasteiger partial charge in [-0.2, -0.15) is 5.10 Å². The van der Waals surface area contributed by atoms with Crippen LogP contribution >= 0.6 is 24.0 Å². The lowest BCUT2D eigenvalue weighted by atomic mass is 10.2. The van der Waals surface area contributed by atoms with Crippen LogP contribution in [0.5, 0.6) is 0 Å². The van der Waals surface area contributed by atoms with Crippen molar-refractivity contribution in [3.63, 3.8) is 0 Å². The van der Waals surface area contributed by atoms with E-state index in [4.69, 9.17) is 17.0 Å². The zero-order valence-electron chi connectivity index (χ0n) is 19.1. The van der Waals surface area contributed by atoms with Crippen molar-refractivity contribution >= 4 is 51.5 Å². The number of nitrogens with zero attached hydrogens (tertiary/aromatic N) is 3. The van der Waals surface area contributed by atoms with Gasteiger partial charge in [-0.05, 0) is 57.3 Å². The molecule has 1 aromatic heterocycles. The minimum atomic E-state index is -0.157. The predicted molar refractivity (Wildman–Crippen MR) is 140 cm³/mol. The number of nitrogens with one attached hydrogen (secondary N) is 1. The Labute approximate surface area is 207 Å². The van der Waals surface area contributed by atoms with E-state index in [0.717, 1.165) is 22.5 Å². The number of thioether (sulfide) groups is 1. The van der Waals surface area contributed by atoms with Crippen molar-refractivity contribution in [2.24, 2.45) is 0 Å². The Morgan fingerprint density at radius 2 is 1.79 bits per heavy atom. The van der Waals surface area contributed by atoms with Crippen LogP contribution in [0.2, 0.25) is 0 Å². The van der Waals surface area contributed by atoms with Gasteiger partial charge in [0.05, 0.1) is 16.9 Å². The third kappa shape index (κ3) is 4.62. The summed E-state index contributed by atoms with van der Waals surface area (Å²) < 4.78 is 5.51. The second kappa shape index (κ2) is 10.2. The lowest BCUT2D eigenvalue weighted by Gasteiger charge is -2.18. The lowest BCUT2D eigenvalue weighted by molar-refractivity contribution is -0.122. The van der Waals surface area contributed by atoms with Crippen LogP contribution in [0.15, 0.2) is 86.9 Å². The van der Waals surface area contributed by atoms with Gasteiger partial charge in [-0.1, -0.05) is 42.1 Å². The summed E-state index contributed by atoms with van der Waals surface area (Å²) in [7, 11) is 0. The molecule has 0 bridgehead atoms. The van der Waals surface area contributed by atoms with Gasteiger partial charge in [0.1, 0.15) is 0 Å². The zero-order chi connectivity index (χ0) is 24.2. The first-order chi connectivity index (χ1) is 16.4. The molecule has 1 saturated heterocycles. The molecule has 3 aromatic rings. The van der Waals surface area contributed by atoms with Crippen molar-refractivity contribution < 1.29 is 9.53 Å². The smallest absolute Gasteiger partial charge is 0.297 e. The molecule has 2 aliphatic rings. The molecule has 0 spiro atoms. The molecule has 7 nitrogen and oxygen atoms in total. The Kier molecular flexibility index (Phi) is 7.14. The van der Waals surface area contributed by atoms with Gasteiger partial charge in [0, 0.05) is 34.3 Å². The number of carbonyl (C=O) groups excluding carboxylic acids is 1. The number of fused-ring (bicyclic) bond motifs is 2. The van der Waals surface area contributed by atoms with Crippen molar-refractivity contribution in [3.05, 3.63) is 87.5 Å². The Morgan fingerprint density at radius 1 is 1.09 bits per heavy atom. The van der Waals surface area contributed by atoms with Crippen LogP contribution < -0.4 is 10.5 Å². The van der Waals surface area contributed by atoms with Crippen LogP contribution in [0.3, 0.4) is 0 Å². The molecule has 0 saturated carbocycles. The molecule has 3 heterocycles. The van der Waals surface area contributed by atoms with Gasteiger partial charge in [-0.3, -0.25) is 14.5 Å². The monoisotopic (exact) mass is 492 g/mol. The van der Waals surface area contributed by atoms with E-state index in [1.54, 1.807) is 24.0 Å². The van der Waals surface area contributed by atoms with Crippen LogP contribution in [0.4, 0.5) is 5.69 Å². The van der Waals surface area contributed by atoms with Crippen LogP contribution in [-0.4, -0.2) is 39.3 Å². The van der Waals surface area contributed by atoms with Gasteiger partial charge < -0.3 is 9.64 Å². The predicted octanol–water partition coefficient (Wildman–Crippen LogP) is 4.82. The average molecular weight is 493 g/mol. The van der Waals surface area contributed by atoms with E-state index in [2.05, 4.69) is 34.2 Å². The second-order valence-corrected chi connectivity index (χ2v) is 8.92. The number of rotatable bonds is 3. The molecular formula is C25H24N4O3S2. The zero-order valence-corrected chi connectivity index (χ0v) is 20.7. The number of hydrogen-bond acceptors (Lipinski definition) is 7. The largest absolute Gasteiger partial charge is 0.425 e. The molecule has 0 atom stereocenters. The van der Waals surface area contributed by atoms with Crippen molar-refractivity contribution in [2.45, 2.75) is 25.7 Å². The van der Waals surface area contributed by atoms with Gasteiger partial charge in [-0.25, -0.2) is 5.10 Å². The van der Waals surface area contributed by atoms with E-state index < -0.39 is 0 Å². The second-order valence-electron chi connectivity index (χ2n) is 7.51. The van der Waals surface area contributed by atoms with E-state index in [0.29, 0.717) is 17.7 Å². The van der Waals surface area contributed by atoms with Gasteiger partial charge in [-0.15, -0.1) is 0 Å². The number of benzene rings is 2. The van der Waals surface area contributed by atoms with E-state index in [1.807, 2.05) is 50.3 Å². The molecule has 1 fully saturated rings. The number of ether oxygens (including phenoxy) is 1. The first kappa shape index (κ1) is 23.7. The fourth-order valence-electron chi connectivity index (χ4n) is 3.69. The van der Waals surface area contributed by atoms with Gasteiger partial charge >= 0.3 is 0 Å². The topological polar surface area (TPSA) is 78.5 Å². The normalized spacial score (nSPS) is 17.6. The van der Waals surface area contributed by atoms with Crippen molar-refractivity contribution in [2.75, 3.05) is 18.0 Å². The molecule has 1 amide bonds. The molecule has 174 valence electrons. The van der Waals surface area contributed by atoms with E-state index >= 15 is 0 Å². The highest BCUT2D eigenvalue weighted by molar-refractivity contribution is 8.03. The number of aromatic nitrogens is 2. The molecule has 1 N–H and O–H groups in total. The molecule has 0 radical (unpaired) electrons. The maximum Gasteiger partial charge on any atom is 0.297 e. The highest BCUT2D eigenvalue weighted by atomic mass is 32.2. The molecule has 9 heteroatoms. The highest BCUT2D eigenvalue weighted by Gasteiger charge is 2.34. The fourth-order valence-corrected chi connectivity index (χ4v) is 5.21. The van der Waals surface area contributed by atoms with Gasteiger partial charge in [0.25, 0.3) is 16.6 Å². The number of likely N-dealkylation sites (N-methyl/N-ethyl adjacent to an activating group) is 1. The summed E-state index contributed by atoms with van der Waals surface area (Å²) in [5.74, 6) is 0.173. The molecule has 34 heavy (non-hydrogen) atoms. The number of amides is 1. The summed E-state index contributed by atoms with van der Waals surface area (Å²) >= 11 is 6.82. The standard InChI is InChI=1S/C17H18N2O2S2.C8H6N2O/c1-4-18-12-8-6-7-9-13(12)23-14(18)10-11(3)15-16(20)19(5-2)17(22)21-15;11-8-7-4-2-1-3-6(7)5-9-10-8/h6-10H,4-5H2,1-3H3;1-5H,(H,10,11). The van der Waals surface area contributed by atoms with Crippen LogP contribution in [0.25, 0.3) is 10.8 Å². The van der Waals surface area contributed by atoms with Crippen molar-refractivity contribution in [3.8, 4) is 0 Å². The number of aromatic amines is 1. The Hall–Kier alpha value is -3.43. The van der Waals surface area contributed by atoms with E-state index in [9.17, 15) is 9.59 Å². The fraction of sp³-hybridized carbons (Fsp3) is 0.200. The van der Waals surface area contributed by atoms with Gasteiger partial charge in [0.15, 0.2) is 5.76 Å². The average Bonchev–Trinajstić information content (AvgIpc) is 3.35. The number of carbonyl (C=O) groups is 1. The first-order valence-electron chi connectivity index (χ1n) is 10.9. The summed E-state index contributed by atoms with van der Waals surface area (Å²) in [6.45, 7) is 7.27. The van der Waals surface area contributed by atoms with E-state index in [1.165, 1.54) is 15.5 Å². The van der Waals surface area contributed by atoms with E-state index in [-0.39, 0.29) is 16.6 Å². The number of para-hydroxylation sites is 1. The molecule has 0 aliphatic carbocycles. The van der Waals surface area contributed by atoms with Crippen molar-refractivity contribution in [1.82, 2.24) is 15.1 Å². The quantitative estimate of drug-likeness (QED) is 0.415. The summed E-state index contributed by atoms with van der Waals surface area (Å²) in [5, 5.41) is 8.93. The third-order valence-corrected chi connectivity index (χ3v) is 6.81. The molecule has 0 unspecified atom stereocenters. The van der Waals surface area contributed by atoms with Gasteiger partial charge in [0.2, 0.25) is 0 Å². The van der Waals surface area contributed by atoms with Crippen molar-refractivity contribution in [1.29, 1.82) is 0 Å². The summed E-state index contributed by atoms with van der Waals surface area (Å²) in [5.41, 5.74) is 1.86. The third-order valence-electron chi connectivity index (χ3n) is 5.39. The van der Waals surface area contributed by atoms with Crippen LogP contribution in [0, 0.1) is 0 Å². The molecule has 5 rings (SSSR count). The van der Waals surface area contributed by atoms with Crippen LogP contribution in [-0.2, 0) is 9.53 Å². The molecule has 2 aromatic carbocycles. The number of thiocarbonyl (C=S) groups is 1. The first-order valence-corrected chi connectivity index (χ1v) is 12.1. The Bertz CT molecular complexity index is 1370. The number of hydrogen-bond donors (Lipinski definition) is 1. The summed E-state index contributed by atoms with van der Waals surface area (Å²) in [6.07, 6.45) is 3.64. The maximum absolute atomic E-state index is 12.3. The maximum atomic E-state index is 12.3. The summed E-state index contributed by atoms with van der Waals surface area (Å²) in [4.78, 5) is 28.3. The number of H-pyrrole nitrogens is 1. The minimum Gasteiger partial charge on any atom is -0.425 e. The lowest BCUT2D eigenvalue weighted by Crippen LogP contribution is -2.28.